The van der Waals surface area contributed by atoms with Crippen LogP contribution in [0.5, 0.6) is 0 Å². The number of benzene rings is 2. The summed E-state index contributed by atoms with van der Waals surface area (Å²) in [6, 6.07) is 10.2. The Bertz CT molecular complexity index is 854. The smallest absolute Gasteiger partial charge is 0.294 e. The molecule has 0 fully saturated rings. The number of hydrogen-bond acceptors (Lipinski definition) is 5. The van der Waals surface area contributed by atoms with Crippen LogP contribution >= 0.6 is 0 Å². The zero-order valence-corrected chi connectivity index (χ0v) is 13.7. The van der Waals surface area contributed by atoms with Crippen molar-refractivity contribution in [2.45, 2.75) is 19.0 Å². The summed E-state index contributed by atoms with van der Waals surface area (Å²) >= 11 is 0. The summed E-state index contributed by atoms with van der Waals surface area (Å²) in [6.07, 6.45) is -5.02. The summed E-state index contributed by atoms with van der Waals surface area (Å²) in [5, 5.41) is 11.0. The number of halogens is 3. The molecule has 2 aromatic rings. The number of hydrogen-bond donors (Lipinski definition) is 2. The van der Waals surface area contributed by atoms with Crippen molar-refractivity contribution in [3.05, 3.63) is 69.8 Å². The number of rotatable bonds is 7. The van der Waals surface area contributed by atoms with E-state index in [1.165, 1.54) is 0 Å². The molecule has 2 N–H and O–H groups in total. The number of amides is 1. The number of nitro benzene ring substituents is 1. The molecule has 0 radical (unpaired) electrons. The standard InChI is InChI=1S/C17H14F3N3O4/c18-17(19,20)12-6-7-13(14(10-12)23(26)27)21-22-16(25)9-8-15(24)11-4-2-1-3-5-11/h1-7,10,21H,8-9H2,(H,22,25). The van der Waals surface area contributed by atoms with Gasteiger partial charge in [0.05, 0.1) is 10.5 Å². The van der Waals surface area contributed by atoms with Crippen molar-refractivity contribution in [2.75, 3.05) is 5.43 Å². The molecule has 0 atom stereocenters. The highest BCUT2D eigenvalue weighted by Gasteiger charge is 2.33. The number of Topliss-reactive ketones (excluding diaryl/α,β-unsaturated/α-hetero) is 1. The first-order valence-electron chi connectivity index (χ1n) is 7.67. The van der Waals surface area contributed by atoms with Crippen molar-refractivity contribution in [2.24, 2.45) is 0 Å². The normalized spacial score (nSPS) is 10.9. The predicted molar refractivity (Wildman–Crippen MR) is 89.9 cm³/mol. The maximum Gasteiger partial charge on any atom is 0.416 e. The number of alkyl halides is 3. The Balaban J connectivity index is 1.96. The molecule has 0 aromatic heterocycles. The van der Waals surface area contributed by atoms with Gasteiger partial charge < -0.3 is 0 Å². The van der Waals surface area contributed by atoms with Gasteiger partial charge in [0, 0.05) is 24.5 Å². The minimum absolute atomic E-state index is 0.0906. The number of ketones is 1. The number of nitro groups is 1. The third-order valence-electron chi connectivity index (χ3n) is 3.53. The molecule has 0 spiro atoms. The number of nitrogens with zero attached hydrogens (tertiary/aromatic N) is 1. The molecule has 0 saturated carbocycles. The maximum absolute atomic E-state index is 12.6. The molecule has 0 saturated heterocycles. The highest BCUT2D eigenvalue weighted by Crippen LogP contribution is 2.34. The molecule has 0 unspecified atom stereocenters. The maximum atomic E-state index is 12.6. The van der Waals surface area contributed by atoms with Gasteiger partial charge in [0.25, 0.3) is 5.69 Å². The Hall–Kier alpha value is -3.43. The van der Waals surface area contributed by atoms with Crippen LogP contribution in [0.25, 0.3) is 0 Å². The first-order chi connectivity index (χ1) is 12.7. The Morgan fingerprint density at radius 2 is 1.70 bits per heavy atom. The molecular formula is C17H14F3N3O4. The van der Waals surface area contributed by atoms with E-state index in [4.69, 9.17) is 0 Å². The van der Waals surface area contributed by atoms with Crippen LogP contribution in [0, 0.1) is 10.1 Å². The molecule has 0 aliphatic rings. The zero-order valence-electron chi connectivity index (χ0n) is 13.7. The Morgan fingerprint density at radius 3 is 2.30 bits per heavy atom. The minimum Gasteiger partial charge on any atom is -0.294 e. The average molecular weight is 381 g/mol. The number of carbonyl (C=O) groups excluding carboxylic acids is 2. The summed E-state index contributed by atoms with van der Waals surface area (Å²) < 4.78 is 37.9. The second-order valence-corrected chi connectivity index (χ2v) is 5.45. The predicted octanol–water partition coefficient (Wildman–Crippen LogP) is 3.72. The van der Waals surface area contributed by atoms with Crippen molar-refractivity contribution in [3.63, 3.8) is 0 Å². The number of anilines is 1. The molecule has 1 amide bonds. The van der Waals surface area contributed by atoms with E-state index in [0.29, 0.717) is 17.7 Å². The third-order valence-corrected chi connectivity index (χ3v) is 3.53. The van der Waals surface area contributed by atoms with Gasteiger partial charge in [-0.1, -0.05) is 30.3 Å². The monoisotopic (exact) mass is 381 g/mol. The van der Waals surface area contributed by atoms with Gasteiger partial charge in [-0.05, 0) is 12.1 Å². The van der Waals surface area contributed by atoms with E-state index in [1.54, 1.807) is 30.3 Å². The fourth-order valence-electron chi connectivity index (χ4n) is 2.16. The lowest BCUT2D eigenvalue weighted by Crippen LogP contribution is -2.30. The van der Waals surface area contributed by atoms with Crippen molar-refractivity contribution in [3.8, 4) is 0 Å². The largest absolute Gasteiger partial charge is 0.416 e. The van der Waals surface area contributed by atoms with Crippen molar-refractivity contribution < 1.29 is 27.7 Å². The van der Waals surface area contributed by atoms with Crippen LogP contribution in [0.4, 0.5) is 24.5 Å². The van der Waals surface area contributed by atoms with E-state index in [0.717, 1.165) is 6.07 Å². The van der Waals surface area contributed by atoms with E-state index in [-0.39, 0.29) is 24.3 Å². The van der Waals surface area contributed by atoms with Crippen LogP contribution in [0.15, 0.2) is 48.5 Å². The Kier molecular flexibility index (Phi) is 6.11. The lowest BCUT2D eigenvalue weighted by molar-refractivity contribution is -0.384. The van der Waals surface area contributed by atoms with Crippen molar-refractivity contribution >= 4 is 23.1 Å². The average Bonchev–Trinajstić information content (AvgIpc) is 2.64. The second-order valence-electron chi connectivity index (χ2n) is 5.45. The summed E-state index contributed by atoms with van der Waals surface area (Å²) in [5.74, 6) is -0.903. The van der Waals surface area contributed by atoms with Crippen LogP contribution in [-0.4, -0.2) is 16.6 Å². The van der Waals surface area contributed by atoms with Gasteiger partial charge in [-0.15, -0.1) is 0 Å². The van der Waals surface area contributed by atoms with Crippen LogP contribution in [-0.2, 0) is 11.0 Å². The van der Waals surface area contributed by atoms with Gasteiger partial charge in [0.15, 0.2) is 5.78 Å². The molecule has 10 heteroatoms. The van der Waals surface area contributed by atoms with E-state index in [9.17, 15) is 32.9 Å². The number of nitrogens with one attached hydrogen (secondary N) is 2. The minimum atomic E-state index is -4.73. The molecule has 2 aromatic carbocycles. The van der Waals surface area contributed by atoms with Gasteiger partial charge >= 0.3 is 6.18 Å². The zero-order chi connectivity index (χ0) is 20.0. The summed E-state index contributed by atoms with van der Waals surface area (Å²) in [6.45, 7) is 0. The molecule has 0 aliphatic carbocycles. The van der Waals surface area contributed by atoms with Gasteiger partial charge in [-0.25, -0.2) is 0 Å². The third kappa shape index (κ3) is 5.53. The highest BCUT2D eigenvalue weighted by atomic mass is 19.4. The molecule has 0 aliphatic heterocycles. The van der Waals surface area contributed by atoms with Gasteiger partial charge in [-0.2, -0.15) is 13.2 Å². The summed E-state index contributed by atoms with van der Waals surface area (Å²) in [5.41, 5.74) is 2.46. The van der Waals surface area contributed by atoms with Gasteiger partial charge in [-0.3, -0.25) is 30.6 Å². The fraction of sp³-hybridized carbons (Fsp3) is 0.176. The van der Waals surface area contributed by atoms with Crippen molar-refractivity contribution in [1.82, 2.24) is 5.43 Å². The van der Waals surface area contributed by atoms with E-state index < -0.39 is 28.3 Å². The molecule has 0 heterocycles. The van der Waals surface area contributed by atoms with Crippen LogP contribution < -0.4 is 10.9 Å². The highest BCUT2D eigenvalue weighted by molar-refractivity contribution is 5.98. The Morgan fingerprint density at radius 1 is 1.04 bits per heavy atom. The van der Waals surface area contributed by atoms with Gasteiger partial charge in [0.2, 0.25) is 5.91 Å². The quantitative estimate of drug-likeness (QED) is 0.432. The number of carbonyl (C=O) groups is 2. The molecular weight excluding hydrogens is 367 g/mol. The molecule has 27 heavy (non-hydrogen) atoms. The first kappa shape index (κ1) is 19.9. The lowest BCUT2D eigenvalue weighted by Gasteiger charge is -2.11. The first-order valence-corrected chi connectivity index (χ1v) is 7.67. The van der Waals surface area contributed by atoms with E-state index in [1.807, 2.05) is 0 Å². The molecule has 0 bridgehead atoms. The van der Waals surface area contributed by atoms with Crippen LogP contribution in [0.2, 0.25) is 0 Å². The summed E-state index contributed by atoms with van der Waals surface area (Å²) in [7, 11) is 0. The molecule has 142 valence electrons. The lowest BCUT2D eigenvalue weighted by atomic mass is 10.1. The van der Waals surface area contributed by atoms with E-state index >= 15 is 0 Å². The molecule has 7 nitrogen and oxygen atoms in total. The SMILES string of the molecule is O=C(CCC(=O)c1ccccc1)NNc1ccc(C(F)(F)F)cc1[N+](=O)[O-]. The fourth-order valence-corrected chi connectivity index (χ4v) is 2.16. The van der Waals surface area contributed by atoms with E-state index in [2.05, 4.69) is 10.9 Å². The van der Waals surface area contributed by atoms with Crippen LogP contribution in [0.3, 0.4) is 0 Å². The summed E-state index contributed by atoms with van der Waals surface area (Å²) in [4.78, 5) is 33.6. The molecule has 2 rings (SSSR count). The van der Waals surface area contributed by atoms with Gasteiger partial charge in [0.1, 0.15) is 5.69 Å². The van der Waals surface area contributed by atoms with Crippen LogP contribution in [0.1, 0.15) is 28.8 Å². The topological polar surface area (TPSA) is 101 Å². The van der Waals surface area contributed by atoms with Crippen molar-refractivity contribution in [1.29, 1.82) is 0 Å². The number of hydrazine groups is 1. The Labute approximate surface area is 151 Å². The second kappa shape index (κ2) is 8.30.